The van der Waals surface area contributed by atoms with E-state index < -0.39 is 8.03 Å². The van der Waals surface area contributed by atoms with Crippen LogP contribution in [0.15, 0.2) is 0 Å². The lowest BCUT2D eigenvalue weighted by Gasteiger charge is -1.86. The largest absolute Gasteiger partial charge is 0.346 e. The van der Waals surface area contributed by atoms with Crippen molar-refractivity contribution in [2.45, 2.75) is 6.42 Å². The summed E-state index contributed by atoms with van der Waals surface area (Å²) >= 11 is 5.21. The molecule has 0 saturated heterocycles. The SMILES string of the molecule is O=[PH](O)CCCCl. The molecule has 0 saturated carbocycles. The molecule has 1 unspecified atom stereocenters. The van der Waals surface area contributed by atoms with Gasteiger partial charge in [-0.3, -0.25) is 4.57 Å². The number of hydrogen-bond donors (Lipinski definition) is 1. The van der Waals surface area contributed by atoms with Crippen molar-refractivity contribution in [2.24, 2.45) is 0 Å². The standard InChI is InChI=1S/C3H8ClO2P/c4-2-1-3-7(5)6/h7H,1-3H2,(H,5,6). The predicted molar refractivity (Wildman–Crippen MR) is 31.4 cm³/mol. The van der Waals surface area contributed by atoms with E-state index in [1.165, 1.54) is 0 Å². The Morgan fingerprint density at radius 2 is 2.29 bits per heavy atom. The lowest BCUT2D eigenvalue weighted by molar-refractivity contribution is 0.502. The second kappa shape index (κ2) is 4.63. The van der Waals surface area contributed by atoms with Gasteiger partial charge in [-0.25, -0.2) is 0 Å². The van der Waals surface area contributed by atoms with Crippen LogP contribution >= 0.6 is 19.6 Å². The smallest absolute Gasteiger partial charge is 0.189 e. The maximum absolute atomic E-state index is 9.88. The van der Waals surface area contributed by atoms with E-state index in [-0.39, 0.29) is 0 Å². The van der Waals surface area contributed by atoms with E-state index in [2.05, 4.69) is 0 Å². The van der Waals surface area contributed by atoms with Crippen LogP contribution in [-0.4, -0.2) is 16.9 Å². The molecule has 0 aliphatic rings. The molecule has 0 aromatic rings. The first-order valence-electron chi connectivity index (χ1n) is 2.05. The maximum atomic E-state index is 9.88. The summed E-state index contributed by atoms with van der Waals surface area (Å²) in [5, 5.41) is 0. The van der Waals surface area contributed by atoms with Crippen LogP contribution < -0.4 is 0 Å². The molecular weight excluding hydrogens is 134 g/mol. The van der Waals surface area contributed by atoms with Crippen LogP contribution in [0.2, 0.25) is 0 Å². The normalized spacial score (nSPS) is 14.0. The van der Waals surface area contributed by atoms with Crippen molar-refractivity contribution in [2.75, 3.05) is 12.0 Å². The average Bonchev–Trinajstić information content (AvgIpc) is 1.61. The number of hydrogen-bond acceptors (Lipinski definition) is 1. The van der Waals surface area contributed by atoms with Crippen molar-refractivity contribution in [3.8, 4) is 0 Å². The fourth-order valence-corrected chi connectivity index (χ4v) is 1.06. The van der Waals surface area contributed by atoms with Gasteiger partial charge in [-0.1, -0.05) is 0 Å². The van der Waals surface area contributed by atoms with E-state index in [4.69, 9.17) is 16.5 Å². The second-order valence-electron chi connectivity index (χ2n) is 1.19. The van der Waals surface area contributed by atoms with Gasteiger partial charge in [0.2, 0.25) is 0 Å². The molecule has 0 aromatic heterocycles. The molecule has 1 N–H and O–H groups in total. The molecule has 0 heterocycles. The summed E-state index contributed by atoms with van der Waals surface area (Å²) in [5.74, 6) is 0.483. The fourth-order valence-electron chi connectivity index (χ4n) is 0.218. The van der Waals surface area contributed by atoms with Crippen molar-refractivity contribution in [3.63, 3.8) is 0 Å². The zero-order valence-electron chi connectivity index (χ0n) is 3.85. The minimum Gasteiger partial charge on any atom is -0.346 e. The first-order valence-corrected chi connectivity index (χ1v) is 4.15. The van der Waals surface area contributed by atoms with Crippen LogP contribution in [0.5, 0.6) is 0 Å². The molecule has 0 amide bonds. The van der Waals surface area contributed by atoms with Gasteiger partial charge in [-0.05, 0) is 6.42 Å². The Morgan fingerprint density at radius 1 is 1.71 bits per heavy atom. The van der Waals surface area contributed by atoms with Gasteiger partial charge in [-0.2, -0.15) is 0 Å². The summed E-state index contributed by atoms with van der Waals surface area (Å²) in [5.41, 5.74) is 0. The molecule has 1 atom stereocenters. The van der Waals surface area contributed by atoms with E-state index in [9.17, 15) is 4.57 Å². The maximum Gasteiger partial charge on any atom is 0.189 e. The lowest BCUT2D eigenvalue weighted by atomic mass is 10.6. The Labute approximate surface area is 48.4 Å². The average molecular weight is 143 g/mol. The van der Waals surface area contributed by atoms with Crippen molar-refractivity contribution in [3.05, 3.63) is 0 Å². The topological polar surface area (TPSA) is 37.3 Å². The van der Waals surface area contributed by atoms with Gasteiger partial charge in [-0.15, -0.1) is 11.6 Å². The minimum atomic E-state index is -2.23. The van der Waals surface area contributed by atoms with Gasteiger partial charge in [0.1, 0.15) is 0 Å². The number of alkyl halides is 1. The van der Waals surface area contributed by atoms with Gasteiger partial charge < -0.3 is 4.89 Å². The van der Waals surface area contributed by atoms with Crippen molar-refractivity contribution < 1.29 is 9.46 Å². The van der Waals surface area contributed by atoms with Crippen molar-refractivity contribution in [1.82, 2.24) is 0 Å². The van der Waals surface area contributed by atoms with E-state index in [0.29, 0.717) is 18.5 Å². The summed E-state index contributed by atoms with van der Waals surface area (Å²) in [7, 11) is -2.23. The van der Waals surface area contributed by atoms with E-state index in [0.717, 1.165) is 0 Å². The van der Waals surface area contributed by atoms with E-state index in [1.807, 2.05) is 0 Å². The molecule has 0 aliphatic heterocycles. The molecule has 7 heavy (non-hydrogen) atoms. The highest BCUT2D eigenvalue weighted by molar-refractivity contribution is 7.37. The van der Waals surface area contributed by atoms with Gasteiger partial charge in [0.25, 0.3) is 0 Å². The molecule has 4 heteroatoms. The van der Waals surface area contributed by atoms with Gasteiger partial charge in [0.05, 0.1) is 0 Å². The quantitative estimate of drug-likeness (QED) is 0.473. The Morgan fingerprint density at radius 3 is 2.43 bits per heavy atom. The Balaban J connectivity index is 2.82. The molecule has 0 aromatic carbocycles. The highest BCUT2D eigenvalue weighted by atomic mass is 35.5. The van der Waals surface area contributed by atoms with Crippen LogP contribution in [0.25, 0.3) is 0 Å². The molecule has 0 rings (SSSR count). The van der Waals surface area contributed by atoms with Crippen molar-refractivity contribution >= 4 is 19.6 Å². The first-order chi connectivity index (χ1) is 3.27. The Bertz CT molecular complexity index is 66.0. The molecule has 44 valence electrons. The highest BCUT2D eigenvalue weighted by Crippen LogP contribution is 2.13. The summed E-state index contributed by atoms with van der Waals surface area (Å²) in [6.07, 6.45) is 1.02. The van der Waals surface area contributed by atoms with Crippen LogP contribution in [0.1, 0.15) is 6.42 Å². The summed E-state index contributed by atoms with van der Waals surface area (Å²) in [4.78, 5) is 8.17. The van der Waals surface area contributed by atoms with Crippen LogP contribution in [-0.2, 0) is 4.57 Å². The molecule has 0 fully saturated rings. The van der Waals surface area contributed by atoms with Crippen LogP contribution in [0, 0.1) is 0 Å². The van der Waals surface area contributed by atoms with Crippen LogP contribution in [0.4, 0.5) is 0 Å². The molecule has 2 nitrogen and oxygen atoms in total. The Kier molecular flexibility index (Phi) is 4.95. The Hall–Kier alpha value is 0.480. The molecule has 0 radical (unpaired) electrons. The zero-order chi connectivity index (χ0) is 5.70. The molecule has 0 bridgehead atoms. The van der Waals surface area contributed by atoms with E-state index >= 15 is 0 Å². The molecule has 0 spiro atoms. The van der Waals surface area contributed by atoms with Gasteiger partial charge in [0, 0.05) is 12.0 Å². The van der Waals surface area contributed by atoms with Gasteiger partial charge in [0.15, 0.2) is 8.03 Å². The van der Waals surface area contributed by atoms with Crippen LogP contribution in [0.3, 0.4) is 0 Å². The second-order valence-corrected chi connectivity index (χ2v) is 2.85. The predicted octanol–water partition coefficient (Wildman–Crippen LogP) is 1.08. The molecule has 0 aliphatic carbocycles. The summed E-state index contributed by atoms with van der Waals surface area (Å²) in [6, 6.07) is 0. The number of halogens is 1. The third-order valence-electron chi connectivity index (χ3n) is 0.524. The third kappa shape index (κ3) is 6.48. The molecular formula is C3H8ClO2P. The zero-order valence-corrected chi connectivity index (χ0v) is 5.61. The number of rotatable bonds is 3. The minimum absolute atomic E-state index is 0.369. The summed E-state index contributed by atoms with van der Waals surface area (Å²) in [6.45, 7) is 0. The van der Waals surface area contributed by atoms with Crippen molar-refractivity contribution in [1.29, 1.82) is 0 Å². The third-order valence-corrected chi connectivity index (χ3v) is 1.57. The van der Waals surface area contributed by atoms with Gasteiger partial charge >= 0.3 is 0 Å². The van der Waals surface area contributed by atoms with E-state index in [1.54, 1.807) is 0 Å². The highest BCUT2D eigenvalue weighted by Gasteiger charge is 1.88. The summed E-state index contributed by atoms with van der Waals surface area (Å²) < 4.78 is 9.88. The fraction of sp³-hybridized carbons (Fsp3) is 1.00. The monoisotopic (exact) mass is 142 g/mol. The first kappa shape index (κ1) is 7.48. The lowest BCUT2D eigenvalue weighted by Crippen LogP contribution is -1.77.